The van der Waals surface area contributed by atoms with E-state index in [4.69, 9.17) is 0 Å². The summed E-state index contributed by atoms with van der Waals surface area (Å²) < 4.78 is 1.77. The number of fused-ring (bicyclic) bond motifs is 1. The molecule has 5 nitrogen and oxygen atoms in total. The summed E-state index contributed by atoms with van der Waals surface area (Å²) in [6.07, 6.45) is 6.25. The van der Waals surface area contributed by atoms with Gasteiger partial charge in [0.2, 0.25) is 0 Å². The van der Waals surface area contributed by atoms with E-state index in [9.17, 15) is 9.59 Å². The van der Waals surface area contributed by atoms with Gasteiger partial charge in [-0.2, -0.15) is 0 Å². The number of pyridine rings is 1. The predicted octanol–water partition coefficient (Wildman–Crippen LogP) is 3.46. The first-order chi connectivity index (χ1) is 13.3. The highest BCUT2D eigenvalue weighted by Crippen LogP contribution is 2.31. The van der Waals surface area contributed by atoms with Gasteiger partial charge in [0.15, 0.2) is 0 Å². The van der Waals surface area contributed by atoms with Gasteiger partial charge in [0.25, 0.3) is 11.5 Å². The van der Waals surface area contributed by atoms with Gasteiger partial charge >= 0.3 is 0 Å². The van der Waals surface area contributed by atoms with Gasteiger partial charge < -0.3 is 14.4 Å². The van der Waals surface area contributed by atoms with Crippen molar-refractivity contribution in [2.75, 3.05) is 26.7 Å². The van der Waals surface area contributed by atoms with E-state index >= 15 is 0 Å². The maximum atomic E-state index is 13.3. The van der Waals surface area contributed by atoms with Gasteiger partial charge in [-0.15, -0.1) is 0 Å². The van der Waals surface area contributed by atoms with Gasteiger partial charge in [-0.3, -0.25) is 9.59 Å². The van der Waals surface area contributed by atoms with Crippen LogP contribution >= 0.6 is 0 Å². The molecule has 0 aliphatic carbocycles. The SMILES string of the molecule is Cc1cc(C)n(CC(C)C)c(=O)c1C(=O)N(C)CC1CCCN2CCCCC12. The van der Waals surface area contributed by atoms with Crippen LogP contribution in [0.1, 0.15) is 67.6 Å². The average molecular weight is 388 g/mol. The first-order valence-corrected chi connectivity index (χ1v) is 11.0. The van der Waals surface area contributed by atoms with Gasteiger partial charge in [-0.1, -0.05) is 20.3 Å². The molecule has 1 aromatic heterocycles. The van der Waals surface area contributed by atoms with Crippen molar-refractivity contribution in [3.63, 3.8) is 0 Å². The smallest absolute Gasteiger partial charge is 0.263 e. The molecule has 0 spiro atoms. The number of hydrogen-bond acceptors (Lipinski definition) is 3. The zero-order valence-corrected chi connectivity index (χ0v) is 18.3. The number of carbonyl (C=O) groups is 1. The molecule has 2 atom stereocenters. The number of hydrogen-bond donors (Lipinski definition) is 0. The van der Waals surface area contributed by atoms with Crippen molar-refractivity contribution in [1.82, 2.24) is 14.4 Å². The molecule has 0 saturated carbocycles. The Morgan fingerprint density at radius 3 is 2.61 bits per heavy atom. The molecule has 0 bridgehead atoms. The Labute approximate surface area is 169 Å². The van der Waals surface area contributed by atoms with Crippen molar-refractivity contribution < 1.29 is 4.79 Å². The summed E-state index contributed by atoms with van der Waals surface area (Å²) in [5.41, 5.74) is 1.94. The third-order valence-electron chi connectivity index (χ3n) is 6.55. The lowest BCUT2D eigenvalue weighted by Crippen LogP contribution is -2.51. The maximum Gasteiger partial charge on any atom is 0.263 e. The third kappa shape index (κ3) is 4.35. The van der Waals surface area contributed by atoms with Crippen LogP contribution in [0.3, 0.4) is 0 Å². The fourth-order valence-electron chi connectivity index (χ4n) is 5.20. The van der Waals surface area contributed by atoms with Gasteiger partial charge in [-0.25, -0.2) is 0 Å². The van der Waals surface area contributed by atoms with Crippen molar-refractivity contribution in [3.8, 4) is 0 Å². The minimum Gasteiger partial charge on any atom is -0.341 e. The lowest BCUT2D eigenvalue weighted by atomic mass is 9.83. The van der Waals surface area contributed by atoms with Crippen LogP contribution in [0.4, 0.5) is 0 Å². The molecule has 1 amide bonds. The van der Waals surface area contributed by atoms with E-state index < -0.39 is 0 Å². The predicted molar refractivity (Wildman–Crippen MR) is 114 cm³/mol. The van der Waals surface area contributed by atoms with Gasteiger partial charge in [-0.05, 0) is 76.1 Å². The van der Waals surface area contributed by atoms with E-state index in [1.54, 1.807) is 4.57 Å². The molecule has 5 heteroatoms. The fourth-order valence-corrected chi connectivity index (χ4v) is 5.20. The lowest BCUT2D eigenvalue weighted by Gasteiger charge is -2.45. The first-order valence-electron chi connectivity index (χ1n) is 11.0. The molecule has 3 heterocycles. The Bertz CT molecular complexity index is 766. The largest absolute Gasteiger partial charge is 0.341 e. The third-order valence-corrected chi connectivity index (χ3v) is 6.55. The average Bonchev–Trinajstić information content (AvgIpc) is 2.65. The van der Waals surface area contributed by atoms with Crippen molar-refractivity contribution in [3.05, 3.63) is 33.2 Å². The highest BCUT2D eigenvalue weighted by Gasteiger charge is 2.34. The van der Waals surface area contributed by atoms with Crippen LogP contribution in [-0.2, 0) is 6.54 Å². The molecule has 0 aromatic carbocycles. The summed E-state index contributed by atoms with van der Waals surface area (Å²) in [6, 6.07) is 2.59. The van der Waals surface area contributed by atoms with Crippen LogP contribution in [0.25, 0.3) is 0 Å². The van der Waals surface area contributed by atoms with Crippen LogP contribution in [0.2, 0.25) is 0 Å². The minimum absolute atomic E-state index is 0.118. The fraction of sp³-hybridized carbons (Fsp3) is 0.739. The number of carbonyl (C=O) groups excluding carboxylic acids is 1. The Morgan fingerprint density at radius 2 is 1.89 bits per heavy atom. The molecule has 0 N–H and O–H groups in total. The molecular weight excluding hydrogens is 350 g/mol. The number of amides is 1. The highest BCUT2D eigenvalue weighted by molar-refractivity contribution is 5.95. The second kappa shape index (κ2) is 8.81. The van der Waals surface area contributed by atoms with Crippen molar-refractivity contribution in [2.45, 2.75) is 72.4 Å². The molecule has 1 aromatic rings. The summed E-state index contributed by atoms with van der Waals surface area (Å²) in [5, 5.41) is 0. The number of aromatic nitrogens is 1. The summed E-state index contributed by atoms with van der Waals surface area (Å²) in [4.78, 5) is 30.8. The quantitative estimate of drug-likeness (QED) is 0.777. The molecule has 0 radical (unpaired) electrons. The molecular formula is C23H37N3O2. The summed E-state index contributed by atoms with van der Waals surface area (Å²) >= 11 is 0. The van der Waals surface area contributed by atoms with Crippen LogP contribution in [0, 0.1) is 25.7 Å². The van der Waals surface area contributed by atoms with E-state index in [1.807, 2.05) is 31.9 Å². The van der Waals surface area contributed by atoms with Gasteiger partial charge in [0.1, 0.15) is 5.56 Å². The summed E-state index contributed by atoms with van der Waals surface area (Å²) in [6.45, 7) is 11.8. The molecule has 3 rings (SSSR count). The van der Waals surface area contributed by atoms with E-state index in [0.29, 0.717) is 30.0 Å². The molecule has 2 fully saturated rings. The Morgan fingerprint density at radius 1 is 1.18 bits per heavy atom. The molecule has 156 valence electrons. The van der Waals surface area contributed by atoms with Crippen molar-refractivity contribution in [1.29, 1.82) is 0 Å². The van der Waals surface area contributed by atoms with Crippen molar-refractivity contribution in [2.24, 2.45) is 11.8 Å². The Balaban J connectivity index is 1.80. The van der Waals surface area contributed by atoms with E-state index in [2.05, 4.69) is 18.7 Å². The molecule has 2 saturated heterocycles. The number of piperidine rings is 2. The Kier molecular flexibility index (Phi) is 6.64. The van der Waals surface area contributed by atoms with Gasteiger partial charge in [0.05, 0.1) is 0 Å². The van der Waals surface area contributed by atoms with Crippen LogP contribution < -0.4 is 5.56 Å². The maximum absolute atomic E-state index is 13.3. The monoisotopic (exact) mass is 387 g/mol. The number of aryl methyl sites for hydroxylation is 2. The lowest BCUT2D eigenvalue weighted by molar-refractivity contribution is 0.0402. The highest BCUT2D eigenvalue weighted by atomic mass is 16.2. The van der Waals surface area contributed by atoms with Crippen LogP contribution in [-0.4, -0.2) is 53.0 Å². The summed E-state index contributed by atoms with van der Waals surface area (Å²) in [7, 11) is 1.87. The Hall–Kier alpha value is -1.62. The first kappa shape index (κ1) is 21.1. The molecule has 2 aliphatic heterocycles. The number of nitrogens with zero attached hydrogens (tertiary/aromatic N) is 3. The van der Waals surface area contributed by atoms with Crippen LogP contribution in [0.5, 0.6) is 0 Å². The second-order valence-corrected chi connectivity index (χ2v) is 9.34. The number of rotatable bonds is 5. The van der Waals surface area contributed by atoms with Crippen molar-refractivity contribution >= 4 is 5.91 Å². The van der Waals surface area contributed by atoms with Gasteiger partial charge in [0, 0.05) is 31.9 Å². The zero-order chi connectivity index (χ0) is 20.4. The summed E-state index contributed by atoms with van der Waals surface area (Å²) in [5.74, 6) is 0.763. The van der Waals surface area contributed by atoms with Crippen LogP contribution in [0.15, 0.2) is 10.9 Å². The molecule has 28 heavy (non-hydrogen) atoms. The molecule has 2 aliphatic rings. The van der Waals surface area contributed by atoms with E-state index in [0.717, 1.165) is 17.8 Å². The zero-order valence-electron chi connectivity index (χ0n) is 18.3. The topological polar surface area (TPSA) is 45.6 Å². The van der Waals surface area contributed by atoms with E-state index in [1.165, 1.54) is 45.2 Å². The molecule has 2 unspecified atom stereocenters. The standard InChI is InChI=1S/C23H37N3O2/c1-16(2)14-26-18(4)13-17(3)21(23(26)28)22(27)24(5)15-19-9-8-12-25-11-7-6-10-20(19)25/h13,16,19-20H,6-12,14-15H2,1-5H3. The second-order valence-electron chi connectivity index (χ2n) is 9.34. The normalized spacial score (nSPS) is 22.9. The minimum atomic E-state index is -0.133. The van der Waals surface area contributed by atoms with E-state index in [-0.39, 0.29) is 11.5 Å².